The molecule has 0 aliphatic carbocycles. The Morgan fingerprint density at radius 2 is 1.87 bits per heavy atom. The number of halogens is 1. The zero-order valence-corrected chi connectivity index (χ0v) is 14.7. The van der Waals surface area contributed by atoms with Gasteiger partial charge in [0.25, 0.3) is 0 Å². The molecule has 0 aliphatic rings. The number of unbranched alkanes of at least 4 members (excludes halogenated alkanes) is 1. The molecule has 0 heterocycles. The standard InChI is InChI=1S/C18H31FN4/c1-4-23(5-2)14-7-6-12-21-18(20-3)22-13-11-16-9-8-10-17(19)15-16/h8-10,15H,4-7,11-14H2,1-3H3,(H2,20,21,22). The molecule has 1 aromatic rings. The zero-order valence-electron chi connectivity index (χ0n) is 14.7. The first-order valence-corrected chi connectivity index (χ1v) is 8.60. The van der Waals surface area contributed by atoms with Crippen molar-refractivity contribution in [3.63, 3.8) is 0 Å². The summed E-state index contributed by atoms with van der Waals surface area (Å²) in [4.78, 5) is 6.65. The molecular formula is C18H31FN4. The number of aliphatic imine (C=N–C) groups is 1. The van der Waals surface area contributed by atoms with Gasteiger partial charge in [0.05, 0.1) is 0 Å². The number of hydrogen-bond donors (Lipinski definition) is 2. The van der Waals surface area contributed by atoms with E-state index < -0.39 is 0 Å². The Hall–Kier alpha value is -1.62. The molecule has 0 aromatic heterocycles. The molecule has 23 heavy (non-hydrogen) atoms. The van der Waals surface area contributed by atoms with Crippen LogP contribution in [-0.2, 0) is 6.42 Å². The van der Waals surface area contributed by atoms with Gasteiger partial charge in [0.15, 0.2) is 5.96 Å². The van der Waals surface area contributed by atoms with E-state index in [1.807, 2.05) is 6.07 Å². The number of nitrogens with one attached hydrogen (secondary N) is 2. The Morgan fingerprint density at radius 1 is 1.13 bits per heavy atom. The van der Waals surface area contributed by atoms with Crippen LogP contribution in [0.2, 0.25) is 0 Å². The summed E-state index contributed by atoms with van der Waals surface area (Å²) in [5, 5.41) is 6.59. The van der Waals surface area contributed by atoms with Crippen molar-refractivity contribution in [1.82, 2.24) is 15.5 Å². The van der Waals surface area contributed by atoms with Crippen LogP contribution in [-0.4, -0.2) is 50.6 Å². The van der Waals surface area contributed by atoms with Crippen LogP contribution in [0, 0.1) is 5.82 Å². The van der Waals surface area contributed by atoms with Gasteiger partial charge in [0.2, 0.25) is 0 Å². The molecule has 1 aromatic carbocycles. The number of benzene rings is 1. The maximum Gasteiger partial charge on any atom is 0.190 e. The van der Waals surface area contributed by atoms with Crippen LogP contribution < -0.4 is 10.6 Å². The quantitative estimate of drug-likeness (QED) is 0.395. The molecule has 0 saturated heterocycles. The minimum absolute atomic E-state index is 0.182. The topological polar surface area (TPSA) is 39.7 Å². The van der Waals surface area contributed by atoms with E-state index in [0.29, 0.717) is 0 Å². The highest BCUT2D eigenvalue weighted by Crippen LogP contribution is 2.03. The first-order chi connectivity index (χ1) is 11.2. The van der Waals surface area contributed by atoms with Crippen molar-refractivity contribution in [1.29, 1.82) is 0 Å². The van der Waals surface area contributed by atoms with Gasteiger partial charge in [-0.15, -0.1) is 0 Å². The molecule has 0 spiro atoms. The summed E-state index contributed by atoms with van der Waals surface area (Å²) in [5.41, 5.74) is 0.993. The van der Waals surface area contributed by atoms with Gasteiger partial charge in [0.1, 0.15) is 5.82 Å². The Morgan fingerprint density at radius 3 is 2.52 bits per heavy atom. The van der Waals surface area contributed by atoms with Gasteiger partial charge in [-0.2, -0.15) is 0 Å². The molecule has 4 nitrogen and oxygen atoms in total. The van der Waals surface area contributed by atoms with Crippen LogP contribution in [0.4, 0.5) is 4.39 Å². The highest BCUT2D eigenvalue weighted by atomic mass is 19.1. The third kappa shape index (κ3) is 8.55. The number of hydrogen-bond acceptors (Lipinski definition) is 2. The van der Waals surface area contributed by atoms with Crippen LogP contribution in [0.25, 0.3) is 0 Å². The first kappa shape index (κ1) is 19.4. The van der Waals surface area contributed by atoms with E-state index in [4.69, 9.17) is 0 Å². The Bertz CT molecular complexity index is 458. The fourth-order valence-electron chi connectivity index (χ4n) is 2.45. The lowest BCUT2D eigenvalue weighted by molar-refractivity contribution is 0.297. The Kier molecular flexibility index (Phi) is 10.0. The summed E-state index contributed by atoms with van der Waals surface area (Å²) in [6, 6.07) is 6.72. The van der Waals surface area contributed by atoms with Crippen LogP contribution in [0.3, 0.4) is 0 Å². The summed E-state index contributed by atoms with van der Waals surface area (Å²) in [5.74, 6) is 0.627. The van der Waals surface area contributed by atoms with Crippen molar-refractivity contribution in [2.45, 2.75) is 33.1 Å². The van der Waals surface area contributed by atoms with Crippen molar-refractivity contribution in [2.75, 3.05) is 39.8 Å². The predicted molar refractivity (Wildman–Crippen MR) is 96.5 cm³/mol. The number of guanidine groups is 1. The molecule has 1 rings (SSSR count). The van der Waals surface area contributed by atoms with Crippen LogP contribution in [0.5, 0.6) is 0 Å². The predicted octanol–water partition coefficient (Wildman–Crippen LogP) is 2.66. The number of nitrogens with zero attached hydrogens (tertiary/aromatic N) is 2. The summed E-state index contributed by atoms with van der Waals surface area (Å²) in [7, 11) is 1.77. The van der Waals surface area contributed by atoms with Crippen LogP contribution >= 0.6 is 0 Å². The molecule has 0 radical (unpaired) electrons. The second-order valence-corrected chi connectivity index (χ2v) is 5.54. The van der Waals surface area contributed by atoms with Gasteiger partial charge in [-0.25, -0.2) is 4.39 Å². The lowest BCUT2D eigenvalue weighted by atomic mass is 10.1. The van der Waals surface area contributed by atoms with Gasteiger partial charge in [-0.05, 0) is 56.6 Å². The van der Waals surface area contributed by atoms with Gasteiger partial charge < -0.3 is 15.5 Å². The zero-order chi connectivity index (χ0) is 16.9. The van der Waals surface area contributed by atoms with Gasteiger partial charge in [0, 0.05) is 20.1 Å². The maximum absolute atomic E-state index is 13.1. The SMILES string of the molecule is CCN(CC)CCCCNC(=NC)NCCc1cccc(F)c1. The van der Waals surface area contributed by atoms with E-state index in [9.17, 15) is 4.39 Å². The molecule has 0 fully saturated rings. The molecule has 0 bridgehead atoms. The molecule has 2 N–H and O–H groups in total. The fraction of sp³-hybridized carbons (Fsp3) is 0.611. The maximum atomic E-state index is 13.1. The lowest BCUT2D eigenvalue weighted by Gasteiger charge is -2.18. The molecule has 0 unspecified atom stereocenters. The molecule has 130 valence electrons. The van der Waals surface area contributed by atoms with Crippen LogP contribution in [0.15, 0.2) is 29.3 Å². The monoisotopic (exact) mass is 322 g/mol. The average Bonchev–Trinajstić information content (AvgIpc) is 2.56. The van der Waals surface area contributed by atoms with E-state index in [0.717, 1.165) is 57.1 Å². The summed E-state index contributed by atoms with van der Waals surface area (Å²) in [6.07, 6.45) is 3.09. The average molecular weight is 322 g/mol. The lowest BCUT2D eigenvalue weighted by Crippen LogP contribution is -2.39. The minimum Gasteiger partial charge on any atom is -0.356 e. The minimum atomic E-state index is -0.182. The smallest absolute Gasteiger partial charge is 0.190 e. The molecule has 5 heteroatoms. The Labute approximate surface area is 140 Å². The van der Waals surface area contributed by atoms with Gasteiger partial charge >= 0.3 is 0 Å². The van der Waals surface area contributed by atoms with E-state index in [-0.39, 0.29) is 5.82 Å². The van der Waals surface area contributed by atoms with Crippen molar-refractivity contribution in [2.24, 2.45) is 4.99 Å². The van der Waals surface area contributed by atoms with Gasteiger partial charge in [-0.1, -0.05) is 26.0 Å². The molecule has 0 saturated carbocycles. The third-order valence-corrected chi connectivity index (χ3v) is 3.91. The summed E-state index contributed by atoms with van der Waals surface area (Å²) < 4.78 is 13.1. The van der Waals surface area contributed by atoms with Crippen molar-refractivity contribution in [3.8, 4) is 0 Å². The highest BCUT2D eigenvalue weighted by molar-refractivity contribution is 5.79. The van der Waals surface area contributed by atoms with E-state index in [1.54, 1.807) is 19.2 Å². The van der Waals surface area contributed by atoms with Gasteiger partial charge in [-0.3, -0.25) is 4.99 Å². The van der Waals surface area contributed by atoms with Crippen molar-refractivity contribution in [3.05, 3.63) is 35.6 Å². The van der Waals surface area contributed by atoms with E-state index in [2.05, 4.69) is 34.4 Å². The molecule has 0 amide bonds. The molecule has 0 aliphatic heterocycles. The van der Waals surface area contributed by atoms with Crippen molar-refractivity contribution < 1.29 is 4.39 Å². The Balaban J connectivity index is 2.15. The molecule has 0 atom stereocenters. The fourth-order valence-corrected chi connectivity index (χ4v) is 2.45. The normalized spacial score (nSPS) is 11.8. The second kappa shape index (κ2) is 11.9. The number of rotatable bonds is 10. The highest BCUT2D eigenvalue weighted by Gasteiger charge is 2.00. The summed E-state index contributed by atoms with van der Waals surface area (Å²) in [6.45, 7) is 9.45. The molecular weight excluding hydrogens is 291 g/mol. The summed E-state index contributed by atoms with van der Waals surface area (Å²) >= 11 is 0. The first-order valence-electron chi connectivity index (χ1n) is 8.60. The largest absolute Gasteiger partial charge is 0.356 e. The van der Waals surface area contributed by atoms with Crippen molar-refractivity contribution >= 4 is 5.96 Å². The van der Waals surface area contributed by atoms with E-state index >= 15 is 0 Å². The van der Waals surface area contributed by atoms with E-state index in [1.165, 1.54) is 12.5 Å². The second-order valence-electron chi connectivity index (χ2n) is 5.54. The third-order valence-electron chi connectivity index (χ3n) is 3.91. The van der Waals surface area contributed by atoms with Crippen LogP contribution in [0.1, 0.15) is 32.3 Å².